The fourth-order valence-electron chi connectivity index (χ4n) is 3.50. The van der Waals surface area contributed by atoms with Crippen molar-refractivity contribution in [1.29, 1.82) is 0 Å². The van der Waals surface area contributed by atoms with Gasteiger partial charge in [0, 0.05) is 19.6 Å². The molecule has 7 nitrogen and oxygen atoms in total. The van der Waals surface area contributed by atoms with Crippen LogP contribution in [0.15, 0.2) is 65.6 Å². The quantitative estimate of drug-likeness (QED) is 0.748. The van der Waals surface area contributed by atoms with E-state index in [9.17, 15) is 18.0 Å². The molecule has 3 amide bonds. The first-order valence-corrected chi connectivity index (χ1v) is 10.1. The number of urea groups is 1. The molecule has 8 heteroatoms. The van der Waals surface area contributed by atoms with E-state index >= 15 is 0 Å². The molecule has 0 radical (unpaired) electrons. The maximum absolute atomic E-state index is 12.8. The van der Waals surface area contributed by atoms with Gasteiger partial charge in [-0.1, -0.05) is 48.5 Å². The fraction of sp³-hybridized carbons (Fsp3) is 0.263. The number of piperazine rings is 1. The number of carbonyl (C=O) groups excluding carboxylic acids is 2. The van der Waals surface area contributed by atoms with Gasteiger partial charge in [-0.25, -0.2) is 13.2 Å². The number of sulfonamides is 1. The second-order valence-corrected chi connectivity index (χ2v) is 8.52. The Morgan fingerprint density at radius 3 is 2.19 bits per heavy atom. The summed E-state index contributed by atoms with van der Waals surface area (Å²) in [5, 5.41) is 0. The number of fused-ring (bicyclic) bond motifs is 1. The lowest BCUT2D eigenvalue weighted by molar-refractivity contribution is -0.129. The molecule has 2 fully saturated rings. The van der Waals surface area contributed by atoms with Crippen molar-refractivity contribution in [3.8, 4) is 0 Å². The second kappa shape index (κ2) is 6.79. The highest BCUT2D eigenvalue weighted by atomic mass is 32.2. The summed E-state index contributed by atoms with van der Waals surface area (Å²) in [6.45, 7) is 0.544. The minimum Gasteiger partial charge on any atom is -0.310 e. The Morgan fingerprint density at radius 1 is 0.889 bits per heavy atom. The van der Waals surface area contributed by atoms with Crippen molar-refractivity contribution in [2.24, 2.45) is 0 Å². The summed E-state index contributed by atoms with van der Waals surface area (Å²) in [6.07, 6.45) is 0. The van der Waals surface area contributed by atoms with Gasteiger partial charge >= 0.3 is 6.03 Å². The predicted octanol–water partition coefficient (Wildman–Crippen LogP) is 1.52. The van der Waals surface area contributed by atoms with Gasteiger partial charge in [-0.05, 0) is 17.7 Å². The van der Waals surface area contributed by atoms with Crippen LogP contribution < -0.4 is 0 Å². The van der Waals surface area contributed by atoms with E-state index in [1.807, 2.05) is 30.3 Å². The van der Waals surface area contributed by atoms with Crippen molar-refractivity contribution >= 4 is 22.0 Å². The van der Waals surface area contributed by atoms with E-state index in [-0.39, 0.29) is 43.0 Å². The number of amides is 3. The van der Waals surface area contributed by atoms with E-state index in [4.69, 9.17) is 0 Å². The molecule has 0 aliphatic carbocycles. The van der Waals surface area contributed by atoms with Crippen LogP contribution in [0.5, 0.6) is 0 Å². The van der Waals surface area contributed by atoms with Gasteiger partial charge in [-0.15, -0.1) is 0 Å². The Labute approximate surface area is 157 Å². The highest BCUT2D eigenvalue weighted by Crippen LogP contribution is 2.27. The lowest BCUT2D eigenvalue weighted by atomic mass is 10.2. The van der Waals surface area contributed by atoms with Crippen molar-refractivity contribution in [3.63, 3.8) is 0 Å². The first-order chi connectivity index (χ1) is 13.0. The van der Waals surface area contributed by atoms with Crippen molar-refractivity contribution in [1.82, 2.24) is 14.1 Å². The molecule has 2 saturated heterocycles. The molecule has 0 N–H and O–H groups in total. The van der Waals surface area contributed by atoms with E-state index in [2.05, 4.69) is 0 Å². The molecule has 0 aromatic heterocycles. The molecule has 0 saturated carbocycles. The molecular formula is C19H19N3O4S. The number of rotatable bonds is 4. The van der Waals surface area contributed by atoms with E-state index in [1.54, 1.807) is 18.2 Å². The topological polar surface area (TPSA) is 78.0 Å². The van der Waals surface area contributed by atoms with Gasteiger partial charge in [-0.2, -0.15) is 4.31 Å². The molecule has 0 bridgehead atoms. The summed E-state index contributed by atoms with van der Waals surface area (Å²) in [5.74, 6) is -0.350. The van der Waals surface area contributed by atoms with Crippen LogP contribution in [0.25, 0.3) is 0 Å². The summed E-state index contributed by atoms with van der Waals surface area (Å²) < 4.78 is 27.0. The third-order valence-electron chi connectivity index (χ3n) is 4.94. The first kappa shape index (κ1) is 17.7. The summed E-state index contributed by atoms with van der Waals surface area (Å²) in [7, 11) is -3.69. The van der Waals surface area contributed by atoms with Gasteiger partial charge in [0.05, 0.1) is 11.4 Å². The zero-order valence-electron chi connectivity index (χ0n) is 14.6. The molecule has 2 heterocycles. The highest BCUT2D eigenvalue weighted by molar-refractivity contribution is 7.89. The van der Waals surface area contributed by atoms with Gasteiger partial charge in [0.15, 0.2) is 0 Å². The molecule has 2 aromatic rings. The SMILES string of the molecule is O=C1C2CN(S(=O)(=O)c3ccccc3)CCN2C(=O)N1Cc1ccccc1. The van der Waals surface area contributed by atoms with Crippen LogP contribution in [-0.4, -0.2) is 60.1 Å². The minimum absolute atomic E-state index is 0.0207. The molecule has 4 rings (SSSR count). The molecule has 1 unspecified atom stereocenters. The first-order valence-electron chi connectivity index (χ1n) is 8.69. The minimum atomic E-state index is -3.69. The molecule has 2 aliphatic heterocycles. The lowest BCUT2D eigenvalue weighted by Gasteiger charge is -2.34. The van der Waals surface area contributed by atoms with Crippen LogP contribution in [0.4, 0.5) is 4.79 Å². The normalized spacial score (nSPS) is 20.8. The standard InChI is InChI=1S/C19H19N3O4S/c23-18-17-14-20(27(25,26)16-9-5-2-6-10-16)11-12-21(17)19(24)22(18)13-15-7-3-1-4-8-15/h1-10,17H,11-14H2. The maximum Gasteiger partial charge on any atom is 0.327 e. The largest absolute Gasteiger partial charge is 0.327 e. The molecule has 140 valence electrons. The van der Waals surface area contributed by atoms with E-state index < -0.39 is 16.1 Å². The summed E-state index contributed by atoms with van der Waals surface area (Å²) in [6, 6.07) is 16.3. The van der Waals surface area contributed by atoms with Gasteiger partial charge in [0.1, 0.15) is 6.04 Å². The zero-order chi connectivity index (χ0) is 19.0. The average molecular weight is 385 g/mol. The Balaban J connectivity index is 1.55. The summed E-state index contributed by atoms with van der Waals surface area (Å²) in [5.41, 5.74) is 0.854. The molecular weight excluding hydrogens is 366 g/mol. The van der Waals surface area contributed by atoms with Crippen molar-refractivity contribution in [3.05, 3.63) is 66.2 Å². The molecule has 1 atom stereocenters. The fourth-order valence-corrected chi connectivity index (χ4v) is 4.96. The summed E-state index contributed by atoms with van der Waals surface area (Å²) in [4.78, 5) is 28.3. The zero-order valence-corrected chi connectivity index (χ0v) is 15.4. The van der Waals surface area contributed by atoms with Crippen LogP contribution in [0.3, 0.4) is 0 Å². The number of nitrogens with zero attached hydrogens (tertiary/aromatic N) is 3. The molecule has 2 aliphatic rings. The number of carbonyl (C=O) groups is 2. The highest BCUT2D eigenvalue weighted by Gasteiger charge is 2.49. The van der Waals surface area contributed by atoms with Crippen LogP contribution in [0.1, 0.15) is 5.56 Å². The molecule has 27 heavy (non-hydrogen) atoms. The van der Waals surface area contributed by atoms with Crippen LogP contribution in [0, 0.1) is 0 Å². The van der Waals surface area contributed by atoms with Crippen molar-refractivity contribution in [2.45, 2.75) is 17.5 Å². The van der Waals surface area contributed by atoms with E-state index in [0.29, 0.717) is 0 Å². The molecule has 2 aromatic carbocycles. The van der Waals surface area contributed by atoms with Gasteiger partial charge in [0.25, 0.3) is 5.91 Å². The van der Waals surface area contributed by atoms with Crippen molar-refractivity contribution in [2.75, 3.05) is 19.6 Å². The summed E-state index contributed by atoms with van der Waals surface area (Å²) >= 11 is 0. The Bertz CT molecular complexity index is 963. The maximum atomic E-state index is 12.8. The number of hydrogen-bond acceptors (Lipinski definition) is 4. The van der Waals surface area contributed by atoms with Crippen LogP contribution in [-0.2, 0) is 21.4 Å². The van der Waals surface area contributed by atoms with Crippen LogP contribution >= 0.6 is 0 Å². The predicted molar refractivity (Wildman–Crippen MR) is 98.1 cm³/mol. The number of imide groups is 1. The monoisotopic (exact) mass is 385 g/mol. The van der Waals surface area contributed by atoms with Gasteiger partial charge in [-0.3, -0.25) is 9.69 Å². The third-order valence-corrected chi connectivity index (χ3v) is 6.81. The molecule has 0 spiro atoms. The number of benzene rings is 2. The lowest BCUT2D eigenvalue weighted by Crippen LogP contribution is -2.54. The number of hydrogen-bond donors (Lipinski definition) is 0. The Morgan fingerprint density at radius 2 is 1.52 bits per heavy atom. The Kier molecular flexibility index (Phi) is 4.45. The van der Waals surface area contributed by atoms with Gasteiger partial charge in [0.2, 0.25) is 10.0 Å². The van der Waals surface area contributed by atoms with E-state index in [1.165, 1.54) is 26.2 Å². The second-order valence-electron chi connectivity index (χ2n) is 6.58. The van der Waals surface area contributed by atoms with Crippen molar-refractivity contribution < 1.29 is 18.0 Å². The third kappa shape index (κ3) is 3.11. The van der Waals surface area contributed by atoms with Crippen LogP contribution in [0.2, 0.25) is 0 Å². The average Bonchev–Trinajstić information content (AvgIpc) is 2.94. The Hall–Kier alpha value is -2.71. The smallest absolute Gasteiger partial charge is 0.310 e. The van der Waals surface area contributed by atoms with Gasteiger partial charge < -0.3 is 4.90 Å². The van der Waals surface area contributed by atoms with E-state index in [0.717, 1.165) is 5.56 Å².